The number of halogens is 1. The molecule has 0 spiro atoms. The van der Waals surface area contributed by atoms with Crippen LogP contribution in [0.3, 0.4) is 0 Å². The minimum absolute atomic E-state index is 0. The molecule has 1 aliphatic rings. The number of nitrogens with zero attached hydrogens (tertiary/aromatic N) is 2. The van der Waals surface area contributed by atoms with Crippen molar-refractivity contribution in [2.24, 2.45) is 4.99 Å². The fourth-order valence-corrected chi connectivity index (χ4v) is 2.71. The summed E-state index contributed by atoms with van der Waals surface area (Å²) >= 11 is 0. The minimum atomic E-state index is 0. The highest BCUT2D eigenvalue weighted by atomic mass is 127. The SMILES string of the molecule is CCNC(=NCc1ccc(CN2CCCC2)cc1)NC(C)C.I. The zero-order valence-corrected chi connectivity index (χ0v) is 17.0. The monoisotopic (exact) mass is 430 g/mol. The van der Waals surface area contributed by atoms with Crippen LogP contribution in [0.15, 0.2) is 29.3 Å². The average molecular weight is 430 g/mol. The fraction of sp³-hybridized carbons (Fsp3) is 0.611. The maximum Gasteiger partial charge on any atom is 0.191 e. The van der Waals surface area contributed by atoms with Crippen molar-refractivity contribution in [3.63, 3.8) is 0 Å². The summed E-state index contributed by atoms with van der Waals surface area (Å²) in [5, 5.41) is 6.62. The van der Waals surface area contributed by atoms with Gasteiger partial charge in [-0.25, -0.2) is 4.99 Å². The molecule has 0 saturated carbocycles. The molecule has 23 heavy (non-hydrogen) atoms. The minimum Gasteiger partial charge on any atom is -0.357 e. The molecule has 1 heterocycles. The highest BCUT2D eigenvalue weighted by Crippen LogP contribution is 2.13. The van der Waals surface area contributed by atoms with Crippen molar-refractivity contribution in [1.29, 1.82) is 0 Å². The maximum absolute atomic E-state index is 4.64. The quantitative estimate of drug-likeness (QED) is 0.413. The van der Waals surface area contributed by atoms with Crippen LogP contribution >= 0.6 is 24.0 Å². The molecule has 0 aromatic heterocycles. The molecule has 1 aromatic rings. The second-order valence-electron chi connectivity index (χ2n) is 6.29. The van der Waals surface area contributed by atoms with Gasteiger partial charge in [0.1, 0.15) is 0 Å². The van der Waals surface area contributed by atoms with Gasteiger partial charge in [-0.1, -0.05) is 24.3 Å². The van der Waals surface area contributed by atoms with Gasteiger partial charge in [-0.05, 0) is 57.8 Å². The molecule has 4 nitrogen and oxygen atoms in total. The Morgan fingerprint density at radius 1 is 1.13 bits per heavy atom. The molecule has 0 radical (unpaired) electrons. The molecule has 130 valence electrons. The first-order valence-electron chi connectivity index (χ1n) is 8.52. The van der Waals surface area contributed by atoms with Gasteiger partial charge in [0, 0.05) is 19.1 Å². The number of rotatable bonds is 6. The van der Waals surface area contributed by atoms with E-state index in [4.69, 9.17) is 0 Å². The van der Waals surface area contributed by atoms with Crippen LogP contribution in [-0.2, 0) is 13.1 Å². The van der Waals surface area contributed by atoms with Crippen molar-refractivity contribution < 1.29 is 0 Å². The van der Waals surface area contributed by atoms with Gasteiger partial charge in [-0.2, -0.15) is 0 Å². The van der Waals surface area contributed by atoms with Crippen LogP contribution < -0.4 is 10.6 Å². The van der Waals surface area contributed by atoms with Crippen LogP contribution in [0.25, 0.3) is 0 Å². The normalized spacial score (nSPS) is 15.6. The second-order valence-corrected chi connectivity index (χ2v) is 6.29. The first kappa shape index (κ1) is 20.2. The summed E-state index contributed by atoms with van der Waals surface area (Å²) in [6, 6.07) is 9.28. The third-order valence-electron chi connectivity index (χ3n) is 3.82. The first-order valence-corrected chi connectivity index (χ1v) is 8.52. The molecule has 0 unspecified atom stereocenters. The van der Waals surface area contributed by atoms with E-state index in [0.717, 1.165) is 19.0 Å². The second kappa shape index (κ2) is 10.9. The van der Waals surface area contributed by atoms with Crippen molar-refractivity contribution >= 4 is 29.9 Å². The van der Waals surface area contributed by atoms with Gasteiger partial charge in [0.25, 0.3) is 0 Å². The van der Waals surface area contributed by atoms with E-state index >= 15 is 0 Å². The number of nitrogens with one attached hydrogen (secondary N) is 2. The standard InChI is InChI=1S/C18H30N4.HI/c1-4-19-18(21-15(2)3)20-13-16-7-9-17(10-8-16)14-22-11-5-6-12-22;/h7-10,15H,4-6,11-14H2,1-3H3,(H2,19,20,21);1H. The molecule has 1 fully saturated rings. The van der Waals surface area contributed by atoms with E-state index < -0.39 is 0 Å². The van der Waals surface area contributed by atoms with Gasteiger partial charge in [0.15, 0.2) is 5.96 Å². The van der Waals surface area contributed by atoms with E-state index in [-0.39, 0.29) is 24.0 Å². The zero-order valence-electron chi connectivity index (χ0n) is 14.6. The van der Waals surface area contributed by atoms with E-state index in [1.54, 1.807) is 0 Å². The molecule has 5 heteroatoms. The van der Waals surface area contributed by atoms with E-state index in [0.29, 0.717) is 12.6 Å². The van der Waals surface area contributed by atoms with Gasteiger partial charge in [0.05, 0.1) is 6.54 Å². The molecule has 1 aliphatic heterocycles. The Labute approximate surface area is 158 Å². The van der Waals surface area contributed by atoms with Crippen molar-refractivity contribution in [3.05, 3.63) is 35.4 Å². The van der Waals surface area contributed by atoms with Gasteiger partial charge < -0.3 is 10.6 Å². The molecule has 0 aliphatic carbocycles. The van der Waals surface area contributed by atoms with Crippen molar-refractivity contribution in [3.8, 4) is 0 Å². The molecule has 0 amide bonds. The summed E-state index contributed by atoms with van der Waals surface area (Å²) in [5.41, 5.74) is 2.66. The average Bonchev–Trinajstić information content (AvgIpc) is 2.99. The Morgan fingerprint density at radius 3 is 2.30 bits per heavy atom. The van der Waals surface area contributed by atoms with E-state index in [1.165, 1.54) is 37.1 Å². The van der Waals surface area contributed by atoms with Crippen LogP contribution in [0.2, 0.25) is 0 Å². The van der Waals surface area contributed by atoms with Crippen LogP contribution in [0.5, 0.6) is 0 Å². The van der Waals surface area contributed by atoms with Gasteiger partial charge in [-0.3, -0.25) is 4.90 Å². The molecule has 2 rings (SSSR count). The van der Waals surface area contributed by atoms with E-state index in [1.807, 2.05) is 0 Å². The van der Waals surface area contributed by atoms with Gasteiger partial charge >= 0.3 is 0 Å². The lowest BCUT2D eigenvalue weighted by Crippen LogP contribution is -2.40. The number of likely N-dealkylation sites (tertiary alicyclic amines) is 1. The zero-order chi connectivity index (χ0) is 15.8. The van der Waals surface area contributed by atoms with Crippen LogP contribution in [0.1, 0.15) is 44.7 Å². The lowest BCUT2D eigenvalue weighted by molar-refractivity contribution is 0.331. The highest BCUT2D eigenvalue weighted by molar-refractivity contribution is 14.0. The maximum atomic E-state index is 4.64. The highest BCUT2D eigenvalue weighted by Gasteiger charge is 2.11. The predicted octanol–water partition coefficient (Wildman–Crippen LogP) is 3.36. The molecular formula is C18H31IN4. The summed E-state index contributed by atoms with van der Waals surface area (Å²) < 4.78 is 0. The van der Waals surface area contributed by atoms with Crippen LogP contribution in [0, 0.1) is 0 Å². The van der Waals surface area contributed by atoms with Crippen molar-refractivity contribution in [2.45, 2.75) is 52.7 Å². The summed E-state index contributed by atoms with van der Waals surface area (Å²) in [5.74, 6) is 0.888. The Hall–Kier alpha value is -0.820. The van der Waals surface area contributed by atoms with Crippen molar-refractivity contribution in [2.75, 3.05) is 19.6 Å². The number of hydrogen-bond acceptors (Lipinski definition) is 2. The molecule has 0 atom stereocenters. The third-order valence-corrected chi connectivity index (χ3v) is 3.82. The Morgan fingerprint density at radius 2 is 1.74 bits per heavy atom. The van der Waals surface area contributed by atoms with E-state index in [2.05, 4.69) is 65.6 Å². The smallest absolute Gasteiger partial charge is 0.191 e. The lowest BCUT2D eigenvalue weighted by Gasteiger charge is -2.15. The molecule has 0 bridgehead atoms. The van der Waals surface area contributed by atoms with Crippen LogP contribution in [-0.4, -0.2) is 36.5 Å². The Bertz CT molecular complexity index is 464. The van der Waals surface area contributed by atoms with E-state index in [9.17, 15) is 0 Å². The molecule has 2 N–H and O–H groups in total. The van der Waals surface area contributed by atoms with Crippen molar-refractivity contribution in [1.82, 2.24) is 15.5 Å². The summed E-state index contributed by atoms with van der Waals surface area (Å²) in [6.07, 6.45) is 2.70. The molecule has 1 saturated heterocycles. The topological polar surface area (TPSA) is 39.7 Å². The predicted molar refractivity (Wildman–Crippen MR) is 109 cm³/mol. The summed E-state index contributed by atoms with van der Waals surface area (Å²) in [7, 11) is 0. The molecule has 1 aromatic carbocycles. The summed E-state index contributed by atoms with van der Waals surface area (Å²) in [6.45, 7) is 11.5. The third kappa shape index (κ3) is 7.52. The van der Waals surface area contributed by atoms with Gasteiger partial charge in [-0.15, -0.1) is 24.0 Å². The molecular weight excluding hydrogens is 399 g/mol. The number of benzene rings is 1. The number of aliphatic imine (C=N–C) groups is 1. The lowest BCUT2D eigenvalue weighted by atomic mass is 10.1. The number of guanidine groups is 1. The largest absolute Gasteiger partial charge is 0.357 e. The Balaban J connectivity index is 0.00000264. The fourth-order valence-electron chi connectivity index (χ4n) is 2.71. The first-order chi connectivity index (χ1) is 10.7. The Kier molecular flexibility index (Phi) is 9.55. The number of hydrogen-bond donors (Lipinski definition) is 2. The van der Waals surface area contributed by atoms with Gasteiger partial charge in [0.2, 0.25) is 0 Å². The van der Waals surface area contributed by atoms with Crippen LogP contribution in [0.4, 0.5) is 0 Å². The summed E-state index contributed by atoms with van der Waals surface area (Å²) in [4.78, 5) is 7.17.